The average molecular weight is 213 g/mol. The minimum Gasteiger partial charge on any atom is -0.405 e. The maximum atomic E-state index is 7.73. The van der Waals surface area contributed by atoms with Crippen LogP contribution in [0.15, 0.2) is 36.8 Å². The summed E-state index contributed by atoms with van der Waals surface area (Å²) in [5.74, 6) is 0.413. The molecule has 0 atom stereocenters. The van der Waals surface area contributed by atoms with Crippen molar-refractivity contribution in [2.75, 3.05) is 5.73 Å². The lowest BCUT2D eigenvalue weighted by Crippen LogP contribution is -1.98. The highest BCUT2D eigenvalue weighted by atomic mass is 14.9. The van der Waals surface area contributed by atoms with E-state index in [-0.39, 0.29) is 0 Å². The number of anilines is 1. The van der Waals surface area contributed by atoms with Gasteiger partial charge in [0.15, 0.2) is 0 Å². The Kier molecular flexibility index (Phi) is 2.51. The Balaban J connectivity index is 2.59. The number of nitrogens with zero attached hydrogens (tertiary/aromatic N) is 2. The SMILES string of the molecule is N=C(/C=C\N)c1ccc2ncnc(N)c2c1. The van der Waals surface area contributed by atoms with Gasteiger partial charge >= 0.3 is 0 Å². The molecule has 2 aromatic rings. The maximum absolute atomic E-state index is 7.73. The van der Waals surface area contributed by atoms with Crippen molar-refractivity contribution in [2.24, 2.45) is 5.73 Å². The van der Waals surface area contributed by atoms with E-state index in [9.17, 15) is 0 Å². The summed E-state index contributed by atoms with van der Waals surface area (Å²) in [6.45, 7) is 0. The van der Waals surface area contributed by atoms with Crippen LogP contribution in [0, 0.1) is 5.41 Å². The third kappa shape index (κ3) is 1.70. The van der Waals surface area contributed by atoms with Gasteiger partial charge in [0.2, 0.25) is 0 Å². The zero-order valence-electron chi connectivity index (χ0n) is 8.51. The lowest BCUT2D eigenvalue weighted by Gasteiger charge is -2.03. The standard InChI is InChI=1S/C11H11N5/c12-4-3-9(13)7-1-2-10-8(5-7)11(14)16-6-15-10/h1-6,13H,12H2,(H2,14,15,16)/b4-3-,13-9?. The molecule has 2 rings (SSSR count). The van der Waals surface area contributed by atoms with Crippen LogP contribution in [0.25, 0.3) is 10.9 Å². The number of nitrogen functional groups attached to an aromatic ring is 1. The van der Waals surface area contributed by atoms with E-state index in [1.165, 1.54) is 18.6 Å². The Labute approximate surface area is 92.3 Å². The lowest BCUT2D eigenvalue weighted by molar-refractivity contribution is 1.23. The van der Waals surface area contributed by atoms with Gasteiger partial charge in [0.25, 0.3) is 0 Å². The zero-order chi connectivity index (χ0) is 11.5. The van der Waals surface area contributed by atoms with Gasteiger partial charge in [0.1, 0.15) is 12.1 Å². The average Bonchev–Trinajstić information content (AvgIpc) is 2.29. The smallest absolute Gasteiger partial charge is 0.134 e. The second kappa shape index (κ2) is 3.98. The fourth-order valence-electron chi connectivity index (χ4n) is 1.44. The van der Waals surface area contributed by atoms with Gasteiger partial charge in [-0.3, -0.25) is 0 Å². The first-order valence-corrected chi connectivity index (χ1v) is 4.70. The number of allylic oxidation sites excluding steroid dienone is 1. The topological polar surface area (TPSA) is 102 Å². The molecule has 0 aliphatic rings. The van der Waals surface area contributed by atoms with Crippen LogP contribution >= 0.6 is 0 Å². The van der Waals surface area contributed by atoms with Crippen LogP contribution in [-0.2, 0) is 0 Å². The quantitative estimate of drug-likeness (QED) is 0.649. The van der Waals surface area contributed by atoms with Crippen LogP contribution in [0.1, 0.15) is 5.56 Å². The van der Waals surface area contributed by atoms with Crippen molar-refractivity contribution in [3.63, 3.8) is 0 Å². The number of nitrogens with one attached hydrogen (secondary N) is 1. The summed E-state index contributed by atoms with van der Waals surface area (Å²) >= 11 is 0. The third-order valence-corrected chi connectivity index (χ3v) is 2.24. The number of benzene rings is 1. The highest BCUT2D eigenvalue weighted by molar-refractivity contribution is 6.08. The first kappa shape index (κ1) is 10.1. The van der Waals surface area contributed by atoms with E-state index in [4.69, 9.17) is 16.9 Å². The number of rotatable bonds is 2. The second-order valence-corrected chi connectivity index (χ2v) is 3.26. The highest BCUT2D eigenvalue weighted by Crippen LogP contribution is 2.18. The van der Waals surface area contributed by atoms with E-state index in [0.717, 1.165) is 16.5 Å². The highest BCUT2D eigenvalue weighted by Gasteiger charge is 2.03. The summed E-state index contributed by atoms with van der Waals surface area (Å²) in [6.07, 6.45) is 4.26. The molecule has 0 spiro atoms. The molecule has 0 aliphatic carbocycles. The molecule has 0 saturated carbocycles. The van der Waals surface area contributed by atoms with Crippen LogP contribution in [-0.4, -0.2) is 15.7 Å². The van der Waals surface area contributed by atoms with Gasteiger partial charge in [0.05, 0.1) is 11.2 Å². The van der Waals surface area contributed by atoms with Gasteiger partial charge in [-0.05, 0) is 24.4 Å². The van der Waals surface area contributed by atoms with Gasteiger partial charge in [-0.1, -0.05) is 6.07 Å². The van der Waals surface area contributed by atoms with Crippen molar-refractivity contribution in [1.82, 2.24) is 9.97 Å². The molecule has 0 amide bonds. The van der Waals surface area contributed by atoms with Crippen LogP contribution in [0.4, 0.5) is 5.82 Å². The normalized spacial score (nSPS) is 11.0. The molecule has 1 aromatic heterocycles. The largest absolute Gasteiger partial charge is 0.405 e. The monoisotopic (exact) mass is 213 g/mol. The van der Waals surface area contributed by atoms with E-state index in [1.807, 2.05) is 6.07 Å². The van der Waals surface area contributed by atoms with Crippen LogP contribution in [0.3, 0.4) is 0 Å². The fourth-order valence-corrected chi connectivity index (χ4v) is 1.44. The van der Waals surface area contributed by atoms with E-state index >= 15 is 0 Å². The van der Waals surface area contributed by atoms with E-state index in [0.29, 0.717) is 11.5 Å². The first-order valence-electron chi connectivity index (χ1n) is 4.70. The predicted octanol–water partition coefficient (Wildman–Crippen LogP) is 1.05. The molecule has 1 aromatic carbocycles. The number of fused-ring (bicyclic) bond motifs is 1. The molecule has 0 fully saturated rings. The maximum Gasteiger partial charge on any atom is 0.134 e. The molecule has 5 N–H and O–H groups in total. The van der Waals surface area contributed by atoms with Crippen LogP contribution in [0.2, 0.25) is 0 Å². The Bertz CT molecular complexity index is 574. The Morgan fingerprint density at radius 2 is 2.12 bits per heavy atom. The van der Waals surface area contributed by atoms with Crippen molar-refractivity contribution in [3.05, 3.63) is 42.4 Å². The molecule has 0 saturated heterocycles. The Hall–Kier alpha value is -2.43. The van der Waals surface area contributed by atoms with Gasteiger partial charge in [0, 0.05) is 10.9 Å². The second-order valence-electron chi connectivity index (χ2n) is 3.26. The number of hydrogen-bond donors (Lipinski definition) is 3. The third-order valence-electron chi connectivity index (χ3n) is 2.24. The van der Waals surface area contributed by atoms with Gasteiger partial charge in [-0.25, -0.2) is 9.97 Å². The number of aromatic nitrogens is 2. The van der Waals surface area contributed by atoms with Crippen molar-refractivity contribution < 1.29 is 0 Å². The molecule has 80 valence electrons. The summed E-state index contributed by atoms with van der Waals surface area (Å²) in [4.78, 5) is 7.99. The molecule has 0 radical (unpaired) electrons. The Morgan fingerprint density at radius 3 is 2.88 bits per heavy atom. The van der Waals surface area contributed by atoms with Gasteiger partial charge in [-0.15, -0.1) is 0 Å². The van der Waals surface area contributed by atoms with Gasteiger partial charge in [-0.2, -0.15) is 0 Å². The van der Waals surface area contributed by atoms with Crippen molar-refractivity contribution >= 4 is 22.4 Å². The first-order chi connectivity index (χ1) is 7.72. The number of hydrogen-bond acceptors (Lipinski definition) is 5. The lowest BCUT2D eigenvalue weighted by atomic mass is 10.1. The van der Waals surface area contributed by atoms with E-state index in [1.54, 1.807) is 12.1 Å². The van der Waals surface area contributed by atoms with Gasteiger partial charge < -0.3 is 16.9 Å². The number of nitrogens with two attached hydrogens (primary N) is 2. The Morgan fingerprint density at radius 1 is 1.31 bits per heavy atom. The van der Waals surface area contributed by atoms with Crippen molar-refractivity contribution in [1.29, 1.82) is 5.41 Å². The molecule has 16 heavy (non-hydrogen) atoms. The van der Waals surface area contributed by atoms with Crippen molar-refractivity contribution in [3.8, 4) is 0 Å². The summed E-state index contributed by atoms with van der Waals surface area (Å²) in [5.41, 5.74) is 12.8. The molecule has 5 heteroatoms. The molecule has 0 bridgehead atoms. The van der Waals surface area contributed by atoms with Crippen LogP contribution < -0.4 is 11.5 Å². The van der Waals surface area contributed by atoms with Crippen molar-refractivity contribution in [2.45, 2.75) is 0 Å². The molecule has 1 heterocycles. The molecule has 0 unspecified atom stereocenters. The fraction of sp³-hybridized carbons (Fsp3) is 0. The summed E-state index contributed by atoms with van der Waals surface area (Å²) in [5, 5.41) is 8.47. The predicted molar refractivity (Wildman–Crippen MR) is 64.1 cm³/mol. The summed E-state index contributed by atoms with van der Waals surface area (Å²) in [7, 11) is 0. The van der Waals surface area contributed by atoms with E-state index in [2.05, 4.69) is 9.97 Å². The summed E-state index contributed by atoms with van der Waals surface area (Å²) in [6, 6.07) is 5.39. The van der Waals surface area contributed by atoms with E-state index < -0.39 is 0 Å². The zero-order valence-corrected chi connectivity index (χ0v) is 8.51. The molecular formula is C11H11N5. The minimum absolute atomic E-state index is 0.327. The minimum atomic E-state index is 0.327. The van der Waals surface area contributed by atoms with Crippen LogP contribution in [0.5, 0.6) is 0 Å². The molecule has 5 nitrogen and oxygen atoms in total. The summed E-state index contributed by atoms with van der Waals surface area (Å²) < 4.78 is 0. The molecular weight excluding hydrogens is 202 g/mol. The molecule has 0 aliphatic heterocycles.